The van der Waals surface area contributed by atoms with E-state index >= 15 is 0 Å². The van der Waals surface area contributed by atoms with Crippen LogP contribution >= 0.6 is 0 Å². The Morgan fingerprint density at radius 1 is 1.11 bits per heavy atom. The summed E-state index contributed by atoms with van der Waals surface area (Å²) in [7, 11) is 4.56. The third kappa shape index (κ3) is 2.70. The first-order valence-electron chi connectivity index (χ1n) is 5.49. The van der Waals surface area contributed by atoms with Crippen LogP contribution in [0.5, 0.6) is 11.8 Å². The highest BCUT2D eigenvalue weighted by molar-refractivity contribution is 5.58. The third-order valence-corrected chi connectivity index (χ3v) is 2.44. The van der Waals surface area contributed by atoms with Gasteiger partial charge < -0.3 is 14.8 Å². The van der Waals surface area contributed by atoms with Gasteiger partial charge in [-0.2, -0.15) is 15.0 Å². The molecule has 1 aromatic carbocycles. The predicted octanol–water partition coefficient (Wildman–Crippen LogP) is 1.74. The SMILES string of the molecule is CNc1nc(OC)nc(-c2ccc(OC)cc2F)n1. The van der Waals surface area contributed by atoms with Crippen LogP contribution in [-0.4, -0.2) is 36.2 Å². The fourth-order valence-electron chi connectivity index (χ4n) is 1.48. The van der Waals surface area contributed by atoms with Crippen molar-refractivity contribution in [3.8, 4) is 23.1 Å². The first kappa shape index (κ1) is 13.0. The van der Waals surface area contributed by atoms with Gasteiger partial charge in [0.2, 0.25) is 5.95 Å². The largest absolute Gasteiger partial charge is 0.497 e. The molecule has 0 atom stereocenters. The Bertz CT molecular complexity index is 570. The van der Waals surface area contributed by atoms with E-state index in [9.17, 15) is 4.39 Å². The van der Waals surface area contributed by atoms with Crippen LogP contribution in [-0.2, 0) is 0 Å². The Morgan fingerprint density at radius 2 is 1.89 bits per heavy atom. The van der Waals surface area contributed by atoms with Gasteiger partial charge in [0.1, 0.15) is 11.6 Å². The Hall–Kier alpha value is -2.44. The topological polar surface area (TPSA) is 69.2 Å². The van der Waals surface area contributed by atoms with E-state index in [1.807, 2.05) is 0 Å². The minimum atomic E-state index is -0.477. The summed E-state index contributed by atoms with van der Waals surface area (Å²) in [5.41, 5.74) is 0.248. The van der Waals surface area contributed by atoms with Crippen LogP contribution < -0.4 is 14.8 Å². The zero-order chi connectivity index (χ0) is 13.8. The van der Waals surface area contributed by atoms with Crippen molar-refractivity contribution in [2.75, 3.05) is 26.6 Å². The van der Waals surface area contributed by atoms with Gasteiger partial charge in [-0.1, -0.05) is 0 Å². The molecule has 0 bridgehead atoms. The van der Waals surface area contributed by atoms with Crippen LogP contribution in [0.4, 0.5) is 10.3 Å². The number of rotatable bonds is 4. The Kier molecular flexibility index (Phi) is 3.74. The van der Waals surface area contributed by atoms with E-state index in [4.69, 9.17) is 9.47 Å². The number of aromatic nitrogens is 3. The molecule has 0 fully saturated rings. The van der Waals surface area contributed by atoms with Crippen molar-refractivity contribution in [1.29, 1.82) is 0 Å². The van der Waals surface area contributed by atoms with Crippen molar-refractivity contribution in [2.45, 2.75) is 0 Å². The Labute approximate surface area is 109 Å². The van der Waals surface area contributed by atoms with E-state index in [1.54, 1.807) is 19.2 Å². The average molecular weight is 264 g/mol. The van der Waals surface area contributed by atoms with E-state index in [-0.39, 0.29) is 17.4 Å². The molecule has 6 nitrogen and oxygen atoms in total. The van der Waals surface area contributed by atoms with Gasteiger partial charge in [0, 0.05) is 13.1 Å². The molecule has 7 heteroatoms. The molecule has 1 N–H and O–H groups in total. The van der Waals surface area contributed by atoms with Crippen molar-refractivity contribution >= 4 is 5.95 Å². The summed E-state index contributed by atoms with van der Waals surface area (Å²) < 4.78 is 23.9. The summed E-state index contributed by atoms with van der Waals surface area (Å²) in [6.45, 7) is 0. The molecule has 100 valence electrons. The van der Waals surface area contributed by atoms with Gasteiger partial charge in [-0.05, 0) is 12.1 Å². The van der Waals surface area contributed by atoms with E-state index in [1.165, 1.54) is 20.3 Å². The highest BCUT2D eigenvalue weighted by Crippen LogP contribution is 2.25. The lowest BCUT2D eigenvalue weighted by Gasteiger charge is -2.07. The maximum Gasteiger partial charge on any atom is 0.321 e. The van der Waals surface area contributed by atoms with Crippen LogP contribution in [0.25, 0.3) is 11.4 Å². The van der Waals surface area contributed by atoms with Gasteiger partial charge in [-0.15, -0.1) is 0 Å². The fourth-order valence-corrected chi connectivity index (χ4v) is 1.48. The zero-order valence-corrected chi connectivity index (χ0v) is 10.8. The number of anilines is 1. The Balaban J connectivity index is 2.51. The number of methoxy groups -OCH3 is 2. The predicted molar refractivity (Wildman–Crippen MR) is 67.9 cm³/mol. The van der Waals surface area contributed by atoms with Crippen molar-refractivity contribution in [3.63, 3.8) is 0 Å². The highest BCUT2D eigenvalue weighted by Gasteiger charge is 2.13. The van der Waals surface area contributed by atoms with E-state index in [0.717, 1.165) is 0 Å². The summed E-state index contributed by atoms with van der Waals surface area (Å²) in [4.78, 5) is 12.1. The molecule has 0 aliphatic carbocycles. The molecule has 0 aliphatic rings. The summed E-state index contributed by atoms with van der Waals surface area (Å²) in [6.07, 6.45) is 0. The minimum Gasteiger partial charge on any atom is -0.497 e. The third-order valence-electron chi connectivity index (χ3n) is 2.44. The number of hydrogen-bond donors (Lipinski definition) is 1. The minimum absolute atomic E-state index is 0.115. The van der Waals surface area contributed by atoms with Gasteiger partial charge in [0.25, 0.3) is 0 Å². The van der Waals surface area contributed by atoms with E-state index in [0.29, 0.717) is 11.7 Å². The van der Waals surface area contributed by atoms with Crippen molar-refractivity contribution in [3.05, 3.63) is 24.0 Å². The summed E-state index contributed by atoms with van der Waals surface area (Å²) in [6, 6.07) is 4.56. The van der Waals surface area contributed by atoms with E-state index in [2.05, 4.69) is 20.3 Å². The van der Waals surface area contributed by atoms with Crippen LogP contribution in [0.3, 0.4) is 0 Å². The zero-order valence-electron chi connectivity index (χ0n) is 10.8. The van der Waals surface area contributed by atoms with Gasteiger partial charge in [0.05, 0.1) is 19.8 Å². The molecule has 0 saturated heterocycles. The quantitative estimate of drug-likeness (QED) is 0.907. The van der Waals surface area contributed by atoms with Gasteiger partial charge in [-0.3, -0.25) is 0 Å². The van der Waals surface area contributed by atoms with Crippen LogP contribution in [0.1, 0.15) is 0 Å². The second-order valence-corrected chi connectivity index (χ2v) is 3.57. The molecule has 2 aromatic rings. The number of halogens is 1. The maximum atomic E-state index is 14.0. The lowest BCUT2D eigenvalue weighted by molar-refractivity contribution is 0.379. The lowest BCUT2D eigenvalue weighted by atomic mass is 10.2. The van der Waals surface area contributed by atoms with Gasteiger partial charge >= 0.3 is 6.01 Å². The molecule has 2 rings (SSSR count). The number of ether oxygens (including phenoxy) is 2. The molecular weight excluding hydrogens is 251 g/mol. The second kappa shape index (κ2) is 5.47. The van der Waals surface area contributed by atoms with Crippen LogP contribution in [0.2, 0.25) is 0 Å². The second-order valence-electron chi connectivity index (χ2n) is 3.57. The number of hydrogen-bond acceptors (Lipinski definition) is 6. The molecule has 0 aliphatic heterocycles. The summed E-state index contributed by atoms with van der Waals surface area (Å²) in [5.74, 6) is 0.444. The first-order chi connectivity index (χ1) is 9.17. The monoisotopic (exact) mass is 264 g/mol. The molecule has 19 heavy (non-hydrogen) atoms. The van der Waals surface area contributed by atoms with Gasteiger partial charge in [-0.25, -0.2) is 4.39 Å². The summed E-state index contributed by atoms with van der Waals surface area (Å²) >= 11 is 0. The van der Waals surface area contributed by atoms with Gasteiger partial charge in [0.15, 0.2) is 5.82 Å². The fraction of sp³-hybridized carbons (Fsp3) is 0.250. The Morgan fingerprint density at radius 3 is 2.47 bits per heavy atom. The standard InChI is InChI=1S/C12H13FN4O2/c1-14-11-15-10(16-12(17-11)19-3)8-5-4-7(18-2)6-9(8)13/h4-6H,1-3H3,(H,14,15,16,17). The van der Waals surface area contributed by atoms with E-state index < -0.39 is 5.82 Å². The molecule has 0 spiro atoms. The first-order valence-corrected chi connectivity index (χ1v) is 5.49. The molecular formula is C12H13FN4O2. The number of benzene rings is 1. The average Bonchev–Trinajstić information content (AvgIpc) is 2.46. The molecule has 0 amide bonds. The molecule has 0 radical (unpaired) electrons. The summed E-state index contributed by atoms with van der Waals surface area (Å²) in [5, 5.41) is 2.76. The smallest absolute Gasteiger partial charge is 0.321 e. The maximum absolute atomic E-state index is 14.0. The van der Waals surface area contributed by atoms with Crippen LogP contribution in [0.15, 0.2) is 18.2 Å². The number of nitrogens with zero attached hydrogens (tertiary/aromatic N) is 3. The van der Waals surface area contributed by atoms with Crippen molar-refractivity contribution < 1.29 is 13.9 Å². The molecule has 1 aromatic heterocycles. The lowest BCUT2D eigenvalue weighted by Crippen LogP contribution is -2.04. The molecule has 0 saturated carbocycles. The molecule has 1 heterocycles. The van der Waals surface area contributed by atoms with Crippen molar-refractivity contribution in [1.82, 2.24) is 15.0 Å². The number of nitrogens with one attached hydrogen (secondary N) is 1. The molecule has 0 unspecified atom stereocenters. The van der Waals surface area contributed by atoms with Crippen LogP contribution in [0, 0.1) is 5.82 Å². The normalized spacial score (nSPS) is 10.1. The van der Waals surface area contributed by atoms with Crippen molar-refractivity contribution in [2.24, 2.45) is 0 Å². The highest BCUT2D eigenvalue weighted by atomic mass is 19.1.